The first-order valence-corrected chi connectivity index (χ1v) is 6.27. The van der Waals surface area contributed by atoms with Gasteiger partial charge in [0.1, 0.15) is 5.69 Å². The Labute approximate surface area is 110 Å². The number of nitrogens with zero attached hydrogens (tertiary/aromatic N) is 1. The van der Waals surface area contributed by atoms with Crippen LogP contribution in [0, 0.1) is 0 Å². The molecule has 18 heavy (non-hydrogen) atoms. The number of carbonyl (C=O) groups is 1. The smallest absolute Gasteiger partial charge is 0.270 e. The molecule has 1 saturated carbocycles. The summed E-state index contributed by atoms with van der Waals surface area (Å²) in [5.41, 5.74) is 5.50. The quantitative estimate of drug-likeness (QED) is 0.766. The van der Waals surface area contributed by atoms with Crippen molar-refractivity contribution in [3.63, 3.8) is 0 Å². The molecule has 0 aliphatic heterocycles. The number of rotatable bonds is 5. The molecule has 2 rings (SSSR count). The number of amides is 1. The number of aromatic amines is 1. The monoisotopic (exact) mass is 265 g/mol. The summed E-state index contributed by atoms with van der Waals surface area (Å²) in [6, 6.07) is 4.83. The fourth-order valence-corrected chi connectivity index (χ4v) is 1.89. The number of hydrogen-bond acceptors (Lipinski definition) is 3. The summed E-state index contributed by atoms with van der Waals surface area (Å²) in [6.45, 7) is 0.510. The summed E-state index contributed by atoms with van der Waals surface area (Å²) in [7, 11) is 0. The van der Waals surface area contributed by atoms with Crippen LogP contribution in [-0.2, 0) is 0 Å². The van der Waals surface area contributed by atoms with Crippen molar-refractivity contribution >= 4 is 23.1 Å². The molecule has 1 aromatic rings. The number of hydrogen-bond donors (Lipinski definition) is 2. The van der Waals surface area contributed by atoms with Crippen molar-refractivity contribution in [3.8, 4) is 0 Å². The molecule has 0 bridgehead atoms. The van der Waals surface area contributed by atoms with E-state index in [4.69, 9.17) is 18.0 Å². The normalized spacial score (nSPS) is 14.2. The first-order valence-electron chi connectivity index (χ1n) is 5.86. The van der Waals surface area contributed by atoms with E-state index in [0.717, 1.165) is 12.8 Å². The van der Waals surface area contributed by atoms with Crippen molar-refractivity contribution in [1.82, 2.24) is 9.88 Å². The zero-order valence-corrected chi connectivity index (χ0v) is 10.7. The molecule has 1 aromatic heterocycles. The standard InChI is InChI=1S/C12H15N3O2S/c13-10(18)6-7-15(8-4-5-8)12(17)9-2-1-3-11(16)14-9/h1-3,8H,4-7H2,(H2,13,18)(H,14,16). The van der Waals surface area contributed by atoms with Crippen molar-refractivity contribution < 1.29 is 4.79 Å². The van der Waals surface area contributed by atoms with Gasteiger partial charge in [0.2, 0.25) is 5.56 Å². The second-order valence-corrected chi connectivity index (χ2v) is 4.90. The van der Waals surface area contributed by atoms with Gasteiger partial charge >= 0.3 is 0 Å². The molecule has 0 saturated heterocycles. The van der Waals surface area contributed by atoms with Gasteiger partial charge in [-0.05, 0) is 18.9 Å². The van der Waals surface area contributed by atoms with E-state index in [2.05, 4.69) is 4.98 Å². The molecule has 0 atom stereocenters. The van der Waals surface area contributed by atoms with E-state index in [1.807, 2.05) is 0 Å². The molecule has 5 nitrogen and oxygen atoms in total. The topological polar surface area (TPSA) is 79.2 Å². The third-order valence-corrected chi connectivity index (χ3v) is 3.05. The van der Waals surface area contributed by atoms with E-state index in [1.165, 1.54) is 6.07 Å². The Hall–Kier alpha value is -1.69. The first-order chi connectivity index (χ1) is 8.58. The van der Waals surface area contributed by atoms with E-state index < -0.39 is 0 Å². The summed E-state index contributed by atoms with van der Waals surface area (Å²) in [4.78, 5) is 28.2. The Morgan fingerprint density at radius 1 is 1.50 bits per heavy atom. The van der Waals surface area contributed by atoms with Gasteiger partial charge in [0, 0.05) is 25.1 Å². The maximum absolute atomic E-state index is 12.3. The minimum atomic E-state index is -0.272. The average molecular weight is 265 g/mol. The highest BCUT2D eigenvalue weighted by atomic mass is 32.1. The summed E-state index contributed by atoms with van der Waals surface area (Å²) in [6.07, 6.45) is 2.51. The van der Waals surface area contributed by atoms with Crippen molar-refractivity contribution in [2.24, 2.45) is 5.73 Å². The Morgan fingerprint density at radius 3 is 2.78 bits per heavy atom. The lowest BCUT2D eigenvalue weighted by atomic mass is 10.3. The number of nitrogens with one attached hydrogen (secondary N) is 1. The Morgan fingerprint density at radius 2 is 2.22 bits per heavy atom. The number of nitrogens with two attached hydrogens (primary N) is 1. The Bertz CT molecular complexity index is 522. The van der Waals surface area contributed by atoms with Gasteiger partial charge in [0.25, 0.3) is 5.91 Å². The molecule has 3 N–H and O–H groups in total. The highest BCUT2D eigenvalue weighted by molar-refractivity contribution is 7.80. The zero-order chi connectivity index (χ0) is 13.1. The number of carbonyl (C=O) groups excluding carboxylic acids is 1. The maximum Gasteiger partial charge on any atom is 0.270 e. The van der Waals surface area contributed by atoms with Gasteiger partial charge in [0.05, 0.1) is 4.99 Å². The fraction of sp³-hybridized carbons (Fsp3) is 0.417. The number of aromatic nitrogens is 1. The highest BCUT2D eigenvalue weighted by Crippen LogP contribution is 2.28. The molecule has 1 aliphatic rings. The van der Waals surface area contributed by atoms with Crippen LogP contribution in [0.2, 0.25) is 0 Å². The number of H-pyrrole nitrogens is 1. The predicted molar refractivity (Wildman–Crippen MR) is 72.5 cm³/mol. The van der Waals surface area contributed by atoms with Crippen LogP contribution in [-0.4, -0.2) is 33.4 Å². The highest BCUT2D eigenvalue weighted by Gasteiger charge is 2.33. The van der Waals surface area contributed by atoms with Gasteiger partial charge in [-0.2, -0.15) is 0 Å². The zero-order valence-electron chi connectivity index (χ0n) is 9.89. The lowest BCUT2D eigenvalue weighted by molar-refractivity contribution is 0.0742. The molecule has 1 fully saturated rings. The van der Waals surface area contributed by atoms with E-state index >= 15 is 0 Å². The molecule has 0 aromatic carbocycles. The molecule has 1 heterocycles. The van der Waals surface area contributed by atoms with Crippen LogP contribution in [0.4, 0.5) is 0 Å². The lowest BCUT2D eigenvalue weighted by Crippen LogP contribution is -2.36. The second kappa shape index (κ2) is 5.30. The van der Waals surface area contributed by atoms with E-state index in [1.54, 1.807) is 17.0 Å². The third kappa shape index (κ3) is 3.16. The summed E-state index contributed by atoms with van der Waals surface area (Å²) in [5, 5.41) is 0. The largest absolute Gasteiger partial charge is 0.393 e. The van der Waals surface area contributed by atoms with E-state index in [0.29, 0.717) is 23.6 Å². The van der Waals surface area contributed by atoms with Gasteiger partial charge in [-0.15, -0.1) is 0 Å². The minimum Gasteiger partial charge on any atom is -0.393 e. The van der Waals surface area contributed by atoms with Crippen LogP contribution >= 0.6 is 12.2 Å². The van der Waals surface area contributed by atoms with Crippen molar-refractivity contribution in [2.75, 3.05) is 6.54 Å². The van der Waals surface area contributed by atoms with Crippen LogP contribution in [0.25, 0.3) is 0 Å². The molecule has 0 radical (unpaired) electrons. The van der Waals surface area contributed by atoms with Crippen molar-refractivity contribution in [3.05, 3.63) is 34.2 Å². The van der Waals surface area contributed by atoms with E-state index in [-0.39, 0.29) is 17.5 Å². The second-order valence-electron chi connectivity index (χ2n) is 4.37. The molecule has 0 spiro atoms. The minimum absolute atomic E-state index is 0.161. The van der Waals surface area contributed by atoms with Gasteiger partial charge in [-0.3, -0.25) is 9.59 Å². The van der Waals surface area contributed by atoms with E-state index in [9.17, 15) is 9.59 Å². The number of pyridine rings is 1. The first kappa shape index (κ1) is 12.8. The van der Waals surface area contributed by atoms with Crippen LogP contribution in [0.1, 0.15) is 29.8 Å². The Kier molecular flexibility index (Phi) is 3.76. The summed E-state index contributed by atoms with van der Waals surface area (Å²) in [5.74, 6) is -0.161. The van der Waals surface area contributed by atoms with Crippen LogP contribution in [0.3, 0.4) is 0 Å². The average Bonchev–Trinajstić information content (AvgIpc) is 3.13. The Balaban J connectivity index is 2.12. The molecule has 96 valence electrons. The van der Waals surface area contributed by atoms with Crippen molar-refractivity contribution in [1.29, 1.82) is 0 Å². The molecular weight excluding hydrogens is 250 g/mol. The van der Waals surface area contributed by atoms with Crippen LogP contribution in [0.15, 0.2) is 23.0 Å². The molecule has 0 unspecified atom stereocenters. The van der Waals surface area contributed by atoms with Crippen molar-refractivity contribution in [2.45, 2.75) is 25.3 Å². The maximum atomic E-state index is 12.3. The molecule has 6 heteroatoms. The van der Waals surface area contributed by atoms with Gasteiger partial charge in [-0.1, -0.05) is 18.3 Å². The van der Waals surface area contributed by atoms with Gasteiger partial charge in [0.15, 0.2) is 0 Å². The molecular formula is C12H15N3O2S. The van der Waals surface area contributed by atoms with Crippen LogP contribution < -0.4 is 11.3 Å². The summed E-state index contributed by atoms with van der Waals surface area (Å²) < 4.78 is 0. The lowest BCUT2D eigenvalue weighted by Gasteiger charge is -2.21. The molecule has 1 aliphatic carbocycles. The summed E-state index contributed by atoms with van der Waals surface area (Å²) >= 11 is 4.83. The third-order valence-electron chi connectivity index (χ3n) is 2.85. The SMILES string of the molecule is NC(=S)CCN(C(=O)c1cccc(=O)[nH]1)C1CC1. The van der Waals surface area contributed by atoms with Gasteiger partial charge in [-0.25, -0.2) is 0 Å². The van der Waals surface area contributed by atoms with Crippen LogP contribution in [0.5, 0.6) is 0 Å². The van der Waals surface area contributed by atoms with Gasteiger partial charge < -0.3 is 15.6 Å². The fourth-order valence-electron chi connectivity index (χ4n) is 1.79. The number of thiocarbonyl (C=S) groups is 1. The molecule has 1 amide bonds. The predicted octanol–water partition coefficient (Wildman–Crippen LogP) is 0.656.